The number of benzene rings is 1. The van der Waals surface area contributed by atoms with Crippen molar-refractivity contribution >= 4 is 5.91 Å². The number of halogens is 1. The second-order valence-corrected chi connectivity index (χ2v) is 4.42. The number of amides is 1. The van der Waals surface area contributed by atoms with Gasteiger partial charge >= 0.3 is 0 Å². The lowest BCUT2D eigenvalue weighted by Crippen LogP contribution is -2.27. The molecule has 1 aromatic heterocycles. The fraction of sp³-hybridized carbons (Fsp3) is 0.308. The number of nitrogens with zero attached hydrogens (tertiary/aromatic N) is 3. The minimum absolute atomic E-state index is 0.0148. The lowest BCUT2D eigenvalue weighted by atomic mass is 10.2. The van der Waals surface area contributed by atoms with Crippen LogP contribution < -0.4 is 5.32 Å². The number of nitrogens with one attached hydrogen (secondary N) is 1. The fourth-order valence-corrected chi connectivity index (χ4v) is 1.59. The zero-order valence-corrected chi connectivity index (χ0v) is 11.0. The zero-order chi connectivity index (χ0) is 14.5. The van der Waals surface area contributed by atoms with E-state index in [-0.39, 0.29) is 18.3 Å². The summed E-state index contributed by atoms with van der Waals surface area (Å²) < 4.78 is 14.1. The van der Waals surface area contributed by atoms with E-state index in [4.69, 9.17) is 0 Å². The number of hydrogen-bond donors (Lipinski definition) is 2. The van der Waals surface area contributed by atoms with Crippen LogP contribution in [0.2, 0.25) is 0 Å². The number of hydrogen-bond acceptors (Lipinski definition) is 4. The summed E-state index contributed by atoms with van der Waals surface area (Å²) in [5, 5.41) is 19.5. The van der Waals surface area contributed by atoms with E-state index >= 15 is 0 Å². The van der Waals surface area contributed by atoms with E-state index in [0.29, 0.717) is 12.2 Å². The highest BCUT2D eigenvalue weighted by Crippen LogP contribution is 2.06. The summed E-state index contributed by atoms with van der Waals surface area (Å²) in [6.45, 7) is 1.90. The fourth-order valence-electron chi connectivity index (χ4n) is 1.59. The molecule has 6 nitrogen and oxygen atoms in total. The zero-order valence-electron chi connectivity index (χ0n) is 11.0. The predicted octanol–water partition coefficient (Wildman–Crippen LogP) is 0.787. The Morgan fingerprint density at radius 2 is 2.15 bits per heavy atom. The number of rotatable bonds is 5. The summed E-state index contributed by atoms with van der Waals surface area (Å²) in [5.41, 5.74) is 1.22. The molecule has 0 radical (unpaired) electrons. The van der Waals surface area contributed by atoms with Gasteiger partial charge in [-0.2, -0.15) is 0 Å². The number of aliphatic hydroxyl groups excluding tert-OH is 1. The molecule has 0 saturated heterocycles. The van der Waals surface area contributed by atoms with Gasteiger partial charge in [-0.1, -0.05) is 17.3 Å². The standard InChI is InChI=1S/C13H15FN4O2/c1-9(19)12-7-18(17-16-12)8-13(20)15-6-10-2-4-11(14)5-3-10/h2-5,7,9,19H,6,8H2,1H3,(H,15,20). The lowest BCUT2D eigenvalue weighted by Gasteiger charge is -2.05. The van der Waals surface area contributed by atoms with Crippen LogP contribution in [0.15, 0.2) is 30.5 Å². The Hall–Kier alpha value is -2.28. The van der Waals surface area contributed by atoms with Crippen LogP contribution in [0.1, 0.15) is 24.3 Å². The van der Waals surface area contributed by atoms with Crippen LogP contribution in [0, 0.1) is 5.82 Å². The smallest absolute Gasteiger partial charge is 0.242 e. The Balaban J connectivity index is 1.84. The first-order valence-electron chi connectivity index (χ1n) is 6.14. The molecule has 0 fully saturated rings. The van der Waals surface area contributed by atoms with Crippen molar-refractivity contribution in [1.29, 1.82) is 0 Å². The molecule has 1 unspecified atom stereocenters. The molecule has 0 saturated carbocycles. The van der Waals surface area contributed by atoms with Gasteiger partial charge in [0.15, 0.2) is 0 Å². The number of aromatic nitrogens is 3. The van der Waals surface area contributed by atoms with Crippen molar-refractivity contribution in [3.63, 3.8) is 0 Å². The number of carbonyl (C=O) groups excluding carboxylic acids is 1. The molecule has 2 aromatic rings. The van der Waals surface area contributed by atoms with Crippen LogP contribution in [0.5, 0.6) is 0 Å². The van der Waals surface area contributed by atoms with Crippen LogP contribution in [-0.4, -0.2) is 26.0 Å². The molecule has 2 rings (SSSR count). The van der Waals surface area contributed by atoms with Gasteiger partial charge in [-0.3, -0.25) is 4.79 Å². The van der Waals surface area contributed by atoms with Crippen molar-refractivity contribution < 1.29 is 14.3 Å². The highest BCUT2D eigenvalue weighted by atomic mass is 19.1. The maximum Gasteiger partial charge on any atom is 0.242 e. The molecular formula is C13H15FN4O2. The molecule has 20 heavy (non-hydrogen) atoms. The van der Waals surface area contributed by atoms with Gasteiger partial charge in [-0.15, -0.1) is 5.10 Å². The SMILES string of the molecule is CC(O)c1cn(CC(=O)NCc2ccc(F)cc2)nn1. The topological polar surface area (TPSA) is 80.0 Å². The second kappa shape index (κ2) is 6.25. The van der Waals surface area contributed by atoms with E-state index in [9.17, 15) is 14.3 Å². The highest BCUT2D eigenvalue weighted by Gasteiger charge is 2.09. The van der Waals surface area contributed by atoms with Gasteiger partial charge in [-0.05, 0) is 24.6 Å². The molecule has 0 aliphatic rings. The van der Waals surface area contributed by atoms with Crippen molar-refractivity contribution in [3.8, 4) is 0 Å². The molecule has 0 bridgehead atoms. The van der Waals surface area contributed by atoms with Crippen LogP contribution in [0.4, 0.5) is 4.39 Å². The van der Waals surface area contributed by atoms with Gasteiger partial charge in [0.25, 0.3) is 0 Å². The van der Waals surface area contributed by atoms with Gasteiger partial charge in [0.05, 0.1) is 12.3 Å². The third-order valence-electron chi connectivity index (χ3n) is 2.69. The predicted molar refractivity (Wildman–Crippen MR) is 68.9 cm³/mol. The molecule has 0 aliphatic heterocycles. The maximum atomic E-state index is 12.7. The quantitative estimate of drug-likeness (QED) is 0.847. The summed E-state index contributed by atoms with van der Waals surface area (Å²) in [4.78, 5) is 11.7. The Morgan fingerprint density at radius 1 is 1.45 bits per heavy atom. The van der Waals surface area contributed by atoms with Crippen molar-refractivity contribution in [3.05, 3.63) is 47.5 Å². The van der Waals surface area contributed by atoms with Crippen LogP contribution in [-0.2, 0) is 17.9 Å². The molecule has 0 spiro atoms. The molecule has 2 N–H and O–H groups in total. The minimum Gasteiger partial charge on any atom is -0.387 e. The van der Waals surface area contributed by atoms with Crippen molar-refractivity contribution in [2.24, 2.45) is 0 Å². The molecule has 106 valence electrons. The van der Waals surface area contributed by atoms with E-state index in [1.165, 1.54) is 23.0 Å². The van der Waals surface area contributed by atoms with Crippen molar-refractivity contribution in [1.82, 2.24) is 20.3 Å². The summed E-state index contributed by atoms with van der Waals surface area (Å²) in [7, 11) is 0. The molecule has 7 heteroatoms. The largest absolute Gasteiger partial charge is 0.387 e. The average molecular weight is 278 g/mol. The number of carbonyl (C=O) groups is 1. The summed E-state index contributed by atoms with van der Waals surface area (Å²) in [5.74, 6) is -0.551. The normalized spacial score (nSPS) is 12.2. The summed E-state index contributed by atoms with van der Waals surface area (Å²) in [6.07, 6.45) is 0.799. The molecule has 1 aromatic carbocycles. The Morgan fingerprint density at radius 3 is 2.75 bits per heavy atom. The molecule has 1 heterocycles. The highest BCUT2D eigenvalue weighted by molar-refractivity contribution is 5.75. The average Bonchev–Trinajstić information content (AvgIpc) is 2.87. The van der Waals surface area contributed by atoms with Gasteiger partial charge in [0.2, 0.25) is 5.91 Å². The Bertz CT molecular complexity index is 580. The van der Waals surface area contributed by atoms with E-state index in [1.807, 2.05) is 0 Å². The van der Waals surface area contributed by atoms with Gasteiger partial charge in [0, 0.05) is 6.54 Å². The third kappa shape index (κ3) is 3.86. The van der Waals surface area contributed by atoms with E-state index in [0.717, 1.165) is 5.56 Å². The van der Waals surface area contributed by atoms with Gasteiger partial charge in [-0.25, -0.2) is 9.07 Å². The number of aliphatic hydroxyl groups is 1. The van der Waals surface area contributed by atoms with Crippen molar-refractivity contribution in [2.45, 2.75) is 26.1 Å². The van der Waals surface area contributed by atoms with Gasteiger partial charge in [0.1, 0.15) is 18.1 Å². The first kappa shape index (κ1) is 14.1. The van der Waals surface area contributed by atoms with Crippen LogP contribution in [0.3, 0.4) is 0 Å². The van der Waals surface area contributed by atoms with E-state index < -0.39 is 6.10 Å². The third-order valence-corrected chi connectivity index (χ3v) is 2.69. The van der Waals surface area contributed by atoms with Gasteiger partial charge < -0.3 is 10.4 Å². The molecular weight excluding hydrogens is 263 g/mol. The van der Waals surface area contributed by atoms with E-state index in [1.54, 1.807) is 19.1 Å². The second-order valence-electron chi connectivity index (χ2n) is 4.42. The lowest BCUT2D eigenvalue weighted by molar-refractivity contribution is -0.122. The van der Waals surface area contributed by atoms with E-state index in [2.05, 4.69) is 15.6 Å². The summed E-state index contributed by atoms with van der Waals surface area (Å²) in [6, 6.07) is 5.90. The Labute approximate surface area is 115 Å². The minimum atomic E-state index is -0.717. The van der Waals surface area contributed by atoms with Crippen molar-refractivity contribution in [2.75, 3.05) is 0 Å². The Kier molecular flexibility index (Phi) is 4.41. The molecule has 1 atom stereocenters. The molecule has 1 amide bonds. The van der Waals surface area contributed by atoms with Crippen LogP contribution >= 0.6 is 0 Å². The monoisotopic (exact) mass is 278 g/mol. The maximum absolute atomic E-state index is 12.7. The van der Waals surface area contributed by atoms with Crippen LogP contribution in [0.25, 0.3) is 0 Å². The molecule has 0 aliphatic carbocycles. The summed E-state index contributed by atoms with van der Waals surface area (Å²) >= 11 is 0. The first-order chi connectivity index (χ1) is 9.54. The first-order valence-corrected chi connectivity index (χ1v) is 6.14.